The predicted octanol–water partition coefficient (Wildman–Crippen LogP) is 3.93. The molecule has 106 valence electrons. The lowest BCUT2D eigenvalue weighted by Gasteiger charge is -2.39. The van der Waals surface area contributed by atoms with Crippen LogP contribution >= 0.6 is 11.6 Å². The number of aromatic nitrogens is 1. The Bertz CT molecular complexity index is 598. The SMILES string of the molecule is Oc1ccc2ccnc(N(CCCCl)C3CCC3)c2c1. The maximum absolute atomic E-state index is 9.75. The molecule has 0 atom stereocenters. The molecule has 0 unspecified atom stereocenters. The number of alkyl halides is 1. The second kappa shape index (κ2) is 5.88. The molecule has 1 aromatic carbocycles. The van der Waals surface area contributed by atoms with E-state index in [1.165, 1.54) is 19.3 Å². The lowest BCUT2D eigenvalue weighted by atomic mass is 9.91. The standard InChI is InChI=1S/C16H19ClN2O/c17-8-2-10-19(13-3-1-4-13)16-15-11-14(20)6-5-12(15)7-9-18-16/h5-7,9,11,13,20H,1-4,8,10H2. The molecule has 1 heterocycles. The van der Waals surface area contributed by atoms with E-state index in [1.54, 1.807) is 6.07 Å². The van der Waals surface area contributed by atoms with E-state index in [9.17, 15) is 5.11 Å². The van der Waals surface area contributed by atoms with Crippen LogP contribution < -0.4 is 4.90 Å². The average Bonchev–Trinajstić information content (AvgIpc) is 2.40. The third-order valence-electron chi connectivity index (χ3n) is 4.05. The van der Waals surface area contributed by atoms with Gasteiger partial charge in [0, 0.05) is 30.0 Å². The maximum atomic E-state index is 9.75. The van der Waals surface area contributed by atoms with Crippen molar-refractivity contribution < 1.29 is 5.11 Å². The fraction of sp³-hybridized carbons (Fsp3) is 0.438. The smallest absolute Gasteiger partial charge is 0.136 e. The average molecular weight is 291 g/mol. The van der Waals surface area contributed by atoms with Crippen LogP contribution in [0.25, 0.3) is 10.8 Å². The Kier molecular flexibility index (Phi) is 3.97. The van der Waals surface area contributed by atoms with Gasteiger partial charge < -0.3 is 10.0 Å². The van der Waals surface area contributed by atoms with Crippen molar-refractivity contribution >= 4 is 28.2 Å². The van der Waals surface area contributed by atoms with E-state index in [1.807, 2.05) is 24.4 Å². The van der Waals surface area contributed by atoms with Crippen molar-refractivity contribution in [3.63, 3.8) is 0 Å². The number of aromatic hydroxyl groups is 1. The number of phenols is 1. The summed E-state index contributed by atoms with van der Waals surface area (Å²) in [6.45, 7) is 0.927. The van der Waals surface area contributed by atoms with E-state index in [0.29, 0.717) is 11.9 Å². The minimum absolute atomic E-state index is 0.289. The van der Waals surface area contributed by atoms with Crippen molar-refractivity contribution in [1.29, 1.82) is 0 Å². The van der Waals surface area contributed by atoms with Gasteiger partial charge in [-0.1, -0.05) is 6.07 Å². The van der Waals surface area contributed by atoms with Crippen molar-refractivity contribution in [2.75, 3.05) is 17.3 Å². The Labute approximate surface area is 124 Å². The monoisotopic (exact) mass is 290 g/mol. The molecular weight excluding hydrogens is 272 g/mol. The third-order valence-corrected chi connectivity index (χ3v) is 4.32. The van der Waals surface area contributed by atoms with E-state index >= 15 is 0 Å². The summed E-state index contributed by atoms with van der Waals surface area (Å²) < 4.78 is 0. The van der Waals surface area contributed by atoms with Gasteiger partial charge in [-0.2, -0.15) is 0 Å². The Morgan fingerprint density at radius 3 is 2.85 bits per heavy atom. The number of hydrogen-bond donors (Lipinski definition) is 1. The summed E-state index contributed by atoms with van der Waals surface area (Å²) in [5.41, 5.74) is 0. The lowest BCUT2D eigenvalue weighted by molar-refractivity contribution is 0.384. The van der Waals surface area contributed by atoms with Gasteiger partial charge in [-0.25, -0.2) is 4.98 Å². The number of nitrogens with zero attached hydrogens (tertiary/aromatic N) is 2. The van der Waals surface area contributed by atoms with Gasteiger partial charge in [0.15, 0.2) is 0 Å². The largest absolute Gasteiger partial charge is 0.508 e. The Morgan fingerprint density at radius 2 is 2.15 bits per heavy atom. The van der Waals surface area contributed by atoms with Gasteiger partial charge >= 0.3 is 0 Å². The third kappa shape index (κ3) is 2.55. The summed E-state index contributed by atoms with van der Waals surface area (Å²) in [6.07, 6.45) is 6.53. The quantitative estimate of drug-likeness (QED) is 0.848. The molecule has 1 aliphatic carbocycles. The second-order valence-electron chi connectivity index (χ2n) is 5.36. The number of rotatable bonds is 5. The highest BCUT2D eigenvalue weighted by molar-refractivity contribution is 6.17. The van der Waals surface area contributed by atoms with Gasteiger partial charge in [-0.15, -0.1) is 11.6 Å². The minimum Gasteiger partial charge on any atom is -0.508 e. The molecule has 2 aromatic rings. The number of benzene rings is 1. The van der Waals surface area contributed by atoms with Crippen LogP contribution in [0.1, 0.15) is 25.7 Å². The van der Waals surface area contributed by atoms with E-state index in [4.69, 9.17) is 11.6 Å². The van der Waals surface area contributed by atoms with Gasteiger partial charge in [0.2, 0.25) is 0 Å². The summed E-state index contributed by atoms with van der Waals surface area (Å²) in [5, 5.41) is 11.9. The number of hydrogen-bond acceptors (Lipinski definition) is 3. The molecule has 1 aliphatic rings. The molecular formula is C16H19ClN2O. The molecule has 20 heavy (non-hydrogen) atoms. The first-order valence-electron chi connectivity index (χ1n) is 7.20. The molecule has 0 amide bonds. The van der Waals surface area contributed by atoms with Crippen LogP contribution in [0.4, 0.5) is 5.82 Å². The number of anilines is 1. The minimum atomic E-state index is 0.289. The van der Waals surface area contributed by atoms with Crippen LogP contribution in [0.15, 0.2) is 30.5 Å². The zero-order chi connectivity index (χ0) is 13.9. The fourth-order valence-corrected chi connectivity index (χ4v) is 2.88. The Hall–Kier alpha value is -1.48. The molecule has 0 aliphatic heterocycles. The van der Waals surface area contributed by atoms with Crippen LogP contribution in [-0.4, -0.2) is 28.6 Å². The number of halogens is 1. The first-order valence-corrected chi connectivity index (χ1v) is 7.73. The second-order valence-corrected chi connectivity index (χ2v) is 5.74. The van der Waals surface area contributed by atoms with E-state index in [2.05, 4.69) is 9.88 Å². The molecule has 0 saturated heterocycles. The molecule has 1 aromatic heterocycles. The lowest BCUT2D eigenvalue weighted by Crippen LogP contribution is -2.41. The van der Waals surface area contributed by atoms with E-state index in [-0.39, 0.29) is 5.75 Å². The maximum Gasteiger partial charge on any atom is 0.136 e. The van der Waals surface area contributed by atoms with Gasteiger partial charge in [-0.05, 0) is 49.3 Å². The molecule has 4 heteroatoms. The van der Waals surface area contributed by atoms with Crippen LogP contribution in [0.2, 0.25) is 0 Å². The van der Waals surface area contributed by atoms with Crippen molar-refractivity contribution in [3.8, 4) is 5.75 Å². The predicted molar refractivity (Wildman–Crippen MR) is 83.7 cm³/mol. The number of phenolic OH excluding ortho intramolecular Hbond substituents is 1. The van der Waals surface area contributed by atoms with Gasteiger partial charge in [0.05, 0.1) is 0 Å². The topological polar surface area (TPSA) is 36.4 Å². The molecule has 0 bridgehead atoms. The molecule has 0 radical (unpaired) electrons. The van der Waals surface area contributed by atoms with Crippen LogP contribution in [0.5, 0.6) is 5.75 Å². The Balaban J connectivity index is 2.02. The summed E-state index contributed by atoms with van der Waals surface area (Å²) in [7, 11) is 0. The summed E-state index contributed by atoms with van der Waals surface area (Å²) >= 11 is 5.86. The molecule has 3 rings (SSSR count). The number of pyridine rings is 1. The van der Waals surface area contributed by atoms with Crippen molar-refractivity contribution in [2.45, 2.75) is 31.7 Å². The zero-order valence-corrected chi connectivity index (χ0v) is 12.2. The normalized spacial score (nSPS) is 15.2. The summed E-state index contributed by atoms with van der Waals surface area (Å²) in [5.74, 6) is 1.94. The molecule has 1 saturated carbocycles. The van der Waals surface area contributed by atoms with Gasteiger partial charge in [0.25, 0.3) is 0 Å². The van der Waals surface area contributed by atoms with Crippen LogP contribution in [0.3, 0.4) is 0 Å². The molecule has 1 N–H and O–H groups in total. The summed E-state index contributed by atoms with van der Waals surface area (Å²) in [4.78, 5) is 6.94. The number of fused-ring (bicyclic) bond motifs is 1. The first kappa shape index (κ1) is 13.5. The first-order chi connectivity index (χ1) is 9.79. The van der Waals surface area contributed by atoms with E-state index < -0.39 is 0 Å². The van der Waals surface area contributed by atoms with Crippen LogP contribution in [0, 0.1) is 0 Å². The molecule has 1 fully saturated rings. The summed E-state index contributed by atoms with van der Waals surface area (Å²) in [6, 6.07) is 8.02. The van der Waals surface area contributed by atoms with Crippen molar-refractivity contribution in [1.82, 2.24) is 4.98 Å². The van der Waals surface area contributed by atoms with Gasteiger partial charge in [0.1, 0.15) is 11.6 Å². The highest BCUT2D eigenvalue weighted by Crippen LogP contribution is 2.34. The zero-order valence-electron chi connectivity index (χ0n) is 11.4. The van der Waals surface area contributed by atoms with Gasteiger partial charge in [-0.3, -0.25) is 0 Å². The molecule has 0 spiro atoms. The van der Waals surface area contributed by atoms with Crippen molar-refractivity contribution in [2.24, 2.45) is 0 Å². The fourth-order valence-electron chi connectivity index (χ4n) is 2.76. The molecule has 3 nitrogen and oxygen atoms in total. The highest BCUT2D eigenvalue weighted by Gasteiger charge is 2.26. The highest BCUT2D eigenvalue weighted by atomic mass is 35.5. The van der Waals surface area contributed by atoms with Crippen molar-refractivity contribution in [3.05, 3.63) is 30.5 Å². The van der Waals surface area contributed by atoms with E-state index in [0.717, 1.165) is 29.6 Å². The van der Waals surface area contributed by atoms with Crippen LogP contribution in [-0.2, 0) is 0 Å². The Morgan fingerprint density at radius 1 is 1.30 bits per heavy atom.